The minimum Gasteiger partial charge on any atom is -0.496 e. The quantitative estimate of drug-likeness (QED) is 0.341. The van der Waals surface area contributed by atoms with Crippen molar-refractivity contribution in [1.29, 1.82) is 0 Å². The van der Waals surface area contributed by atoms with Crippen LogP contribution in [0.4, 0.5) is 4.39 Å². The molecule has 0 saturated heterocycles. The lowest BCUT2D eigenvalue weighted by Gasteiger charge is -2.43. The van der Waals surface area contributed by atoms with E-state index in [9.17, 15) is 14.3 Å². The van der Waals surface area contributed by atoms with Crippen LogP contribution in [0.3, 0.4) is 0 Å². The number of benzene rings is 2. The molecular weight excluding hydrogens is 399 g/mol. The Morgan fingerprint density at radius 3 is 2.42 bits per heavy atom. The SMILES string of the molecule is CCC(F)C(C)(O)C(C)(NCC=Cc1ccc(-c2ccccc2OC)cc1)C(=O)NO. The molecule has 3 unspecified atom stereocenters. The first-order valence-corrected chi connectivity index (χ1v) is 10.2. The van der Waals surface area contributed by atoms with Crippen LogP contribution in [0.5, 0.6) is 5.75 Å². The molecule has 2 rings (SSSR count). The van der Waals surface area contributed by atoms with Gasteiger partial charge in [-0.3, -0.25) is 15.3 Å². The molecule has 0 aliphatic carbocycles. The van der Waals surface area contributed by atoms with Gasteiger partial charge in [-0.2, -0.15) is 0 Å². The molecule has 0 spiro atoms. The van der Waals surface area contributed by atoms with Gasteiger partial charge < -0.3 is 9.84 Å². The van der Waals surface area contributed by atoms with Crippen LogP contribution >= 0.6 is 0 Å². The summed E-state index contributed by atoms with van der Waals surface area (Å²) in [6.45, 7) is 4.34. The molecule has 0 aliphatic heterocycles. The van der Waals surface area contributed by atoms with Gasteiger partial charge >= 0.3 is 0 Å². The number of aliphatic hydroxyl groups is 1. The highest BCUT2D eigenvalue weighted by atomic mass is 19.1. The van der Waals surface area contributed by atoms with Crippen molar-refractivity contribution in [3.63, 3.8) is 0 Å². The highest BCUT2D eigenvalue weighted by molar-refractivity contribution is 5.86. The molecule has 2 aromatic carbocycles. The summed E-state index contributed by atoms with van der Waals surface area (Å²) in [4.78, 5) is 12.2. The monoisotopic (exact) mass is 430 g/mol. The molecule has 0 fully saturated rings. The third-order valence-electron chi connectivity index (χ3n) is 5.75. The van der Waals surface area contributed by atoms with Gasteiger partial charge in [0.2, 0.25) is 0 Å². The van der Waals surface area contributed by atoms with Crippen molar-refractivity contribution in [3.05, 3.63) is 60.2 Å². The third kappa shape index (κ3) is 5.31. The molecule has 0 bridgehead atoms. The zero-order chi connectivity index (χ0) is 23.1. The molecule has 0 aliphatic rings. The number of ether oxygens (including phenoxy) is 1. The number of para-hydroxylation sites is 1. The second-order valence-corrected chi connectivity index (χ2v) is 7.69. The van der Waals surface area contributed by atoms with E-state index in [1.165, 1.54) is 19.3 Å². The lowest BCUT2D eigenvalue weighted by molar-refractivity contribution is -0.154. The fourth-order valence-electron chi connectivity index (χ4n) is 3.43. The van der Waals surface area contributed by atoms with E-state index in [1.54, 1.807) is 20.1 Å². The number of carbonyl (C=O) groups is 1. The average Bonchev–Trinajstić information content (AvgIpc) is 2.80. The summed E-state index contributed by atoms with van der Waals surface area (Å²) < 4.78 is 19.7. The van der Waals surface area contributed by atoms with Crippen molar-refractivity contribution in [1.82, 2.24) is 10.8 Å². The first-order valence-electron chi connectivity index (χ1n) is 10.2. The van der Waals surface area contributed by atoms with Crippen LogP contribution in [0.1, 0.15) is 32.8 Å². The second-order valence-electron chi connectivity index (χ2n) is 7.69. The van der Waals surface area contributed by atoms with E-state index in [0.29, 0.717) is 0 Å². The highest BCUT2D eigenvalue weighted by Crippen LogP contribution is 2.31. The van der Waals surface area contributed by atoms with Crippen LogP contribution in [-0.4, -0.2) is 47.2 Å². The number of carbonyl (C=O) groups excluding carboxylic acids is 1. The number of hydrogen-bond acceptors (Lipinski definition) is 5. The predicted molar refractivity (Wildman–Crippen MR) is 120 cm³/mol. The number of halogens is 1. The normalized spacial score (nSPS) is 16.4. The van der Waals surface area contributed by atoms with E-state index in [-0.39, 0.29) is 13.0 Å². The summed E-state index contributed by atoms with van der Waals surface area (Å²) >= 11 is 0. The molecule has 4 N–H and O–H groups in total. The average molecular weight is 431 g/mol. The highest BCUT2D eigenvalue weighted by Gasteiger charge is 2.53. The zero-order valence-electron chi connectivity index (χ0n) is 18.4. The minimum absolute atomic E-state index is 0.0252. The predicted octanol–water partition coefficient (Wildman–Crippen LogP) is 3.73. The van der Waals surface area contributed by atoms with Gasteiger partial charge in [0, 0.05) is 12.1 Å². The molecule has 31 heavy (non-hydrogen) atoms. The van der Waals surface area contributed by atoms with Gasteiger partial charge in [0.05, 0.1) is 7.11 Å². The van der Waals surface area contributed by atoms with Gasteiger partial charge in [-0.05, 0) is 37.5 Å². The van der Waals surface area contributed by atoms with Crippen molar-refractivity contribution in [2.75, 3.05) is 13.7 Å². The van der Waals surface area contributed by atoms with Gasteiger partial charge in [-0.25, -0.2) is 9.87 Å². The van der Waals surface area contributed by atoms with Crippen molar-refractivity contribution < 1.29 is 24.2 Å². The number of hydroxylamine groups is 1. The van der Waals surface area contributed by atoms with Gasteiger partial charge in [0.25, 0.3) is 5.91 Å². The van der Waals surface area contributed by atoms with Crippen LogP contribution in [0.15, 0.2) is 54.6 Å². The van der Waals surface area contributed by atoms with E-state index >= 15 is 0 Å². The van der Waals surface area contributed by atoms with Gasteiger partial charge in [0.1, 0.15) is 23.1 Å². The van der Waals surface area contributed by atoms with E-state index in [4.69, 9.17) is 9.94 Å². The van der Waals surface area contributed by atoms with Crippen molar-refractivity contribution in [3.8, 4) is 16.9 Å². The number of methoxy groups -OCH3 is 1. The third-order valence-corrected chi connectivity index (χ3v) is 5.75. The lowest BCUT2D eigenvalue weighted by Crippen LogP contribution is -2.70. The first-order chi connectivity index (χ1) is 14.7. The molecule has 7 heteroatoms. The van der Waals surface area contributed by atoms with Crippen LogP contribution in [0.2, 0.25) is 0 Å². The molecule has 0 aromatic heterocycles. The maximum absolute atomic E-state index is 14.3. The topological polar surface area (TPSA) is 90.8 Å². The van der Waals surface area contributed by atoms with Crippen LogP contribution < -0.4 is 15.5 Å². The molecule has 1 amide bonds. The molecule has 168 valence electrons. The van der Waals surface area contributed by atoms with Crippen LogP contribution in [-0.2, 0) is 4.79 Å². The van der Waals surface area contributed by atoms with E-state index in [0.717, 1.165) is 22.4 Å². The molecular formula is C24H31FN2O4. The fourth-order valence-corrected chi connectivity index (χ4v) is 3.43. The summed E-state index contributed by atoms with van der Waals surface area (Å²) in [5.41, 5.74) is 0.687. The molecule has 2 aromatic rings. The number of nitrogens with one attached hydrogen (secondary N) is 2. The van der Waals surface area contributed by atoms with E-state index in [2.05, 4.69) is 5.32 Å². The molecule has 0 saturated carbocycles. The van der Waals surface area contributed by atoms with E-state index in [1.807, 2.05) is 54.6 Å². The molecule has 6 nitrogen and oxygen atoms in total. The summed E-state index contributed by atoms with van der Waals surface area (Å²) in [7, 11) is 1.64. The number of alkyl halides is 1. The number of hydrogen-bond donors (Lipinski definition) is 4. The molecule has 3 atom stereocenters. The Labute approximate surface area is 182 Å². The van der Waals surface area contributed by atoms with Crippen molar-refractivity contribution in [2.45, 2.75) is 44.5 Å². The summed E-state index contributed by atoms with van der Waals surface area (Å²) in [5, 5.41) is 22.6. The lowest BCUT2D eigenvalue weighted by atomic mass is 9.77. The van der Waals surface area contributed by atoms with E-state index < -0.39 is 23.2 Å². The Bertz CT molecular complexity index is 899. The summed E-state index contributed by atoms with van der Waals surface area (Å²) in [6, 6.07) is 15.6. The van der Waals surface area contributed by atoms with Crippen LogP contribution in [0.25, 0.3) is 17.2 Å². The second kappa shape index (κ2) is 10.5. The minimum atomic E-state index is -2.03. The smallest absolute Gasteiger partial charge is 0.266 e. The Morgan fingerprint density at radius 2 is 1.84 bits per heavy atom. The Morgan fingerprint density at radius 1 is 1.19 bits per heavy atom. The zero-order valence-corrected chi connectivity index (χ0v) is 18.4. The number of amides is 1. The maximum Gasteiger partial charge on any atom is 0.266 e. The molecule has 0 radical (unpaired) electrons. The first kappa shape index (κ1) is 24.5. The van der Waals surface area contributed by atoms with Gasteiger partial charge in [-0.15, -0.1) is 0 Å². The summed E-state index contributed by atoms with van der Waals surface area (Å²) in [6.07, 6.45) is 1.97. The largest absolute Gasteiger partial charge is 0.496 e. The maximum atomic E-state index is 14.3. The standard InChI is InChI=1S/C24H31FN2O4/c1-5-21(25)24(3,29)23(2,22(28)27-30)26-16-8-9-17-12-14-18(15-13-17)19-10-6-7-11-20(19)31-4/h6-15,21,26,29-30H,5,16H2,1-4H3,(H,27,28). The summed E-state index contributed by atoms with van der Waals surface area (Å²) in [5.74, 6) is -0.120. The Hall–Kier alpha value is -2.74. The fraction of sp³-hybridized carbons (Fsp3) is 0.375. The number of rotatable bonds is 10. The Kier molecular flexibility index (Phi) is 8.33. The van der Waals surface area contributed by atoms with Crippen molar-refractivity contribution in [2.24, 2.45) is 0 Å². The molecule has 0 heterocycles. The van der Waals surface area contributed by atoms with Gasteiger partial charge in [-0.1, -0.05) is 61.5 Å². The Balaban J connectivity index is 2.11. The van der Waals surface area contributed by atoms with Crippen molar-refractivity contribution >= 4 is 12.0 Å². The van der Waals surface area contributed by atoms with Crippen LogP contribution in [0, 0.1) is 0 Å². The van der Waals surface area contributed by atoms with Gasteiger partial charge in [0.15, 0.2) is 0 Å².